The maximum Gasteiger partial charge on any atom is 0.341 e. The highest BCUT2D eigenvalue weighted by Gasteiger charge is 2.17. The van der Waals surface area contributed by atoms with Crippen LogP contribution in [-0.4, -0.2) is 26.3 Å². The maximum atomic E-state index is 10.6. The SMILES string of the molecule is O=C(O)c1c(Cl)[nH]c2cn[nH]c12. The summed E-state index contributed by atoms with van der Waals surface area (Å²) in [7, 11) is 0. The van der Waals surface area contributed by atoms with E-state index in [1.54, 1.807) is 0 Å². The number of aromatic carboxylic acids is 1. The Bertz CT molecular complexity index is 445. The predicted molar refractivity (Wildman–Crippen MR) is 42.4 cm³/mol. The molecule has 0 aliphatic rings. The first kappa shape index (κ1) is 7.17. The molecule has 5 nitrogen and oxygen atoms in total. The minimum absolute atomic E-state index is 0.0316. The van der Waals surface area contributed by atoms with E-state index >= 15 is 0 Å². The van der Waals surface area contributed by atoms with Gasteiger partial charge in [0.1, 0.15) is 10.7 Å². The Labute approximate surface area is 71.3 Å². The Kier molecular flexibility index (Phi) is 1.34. The summed E-state index contributed by atoms with van der Waals surface area (Å²) in [5, 5.41) is 15.0. The fourth-order valence-corrected chi connectivity index (χ4v) is 1.34. The highest BCUT2D eigenvalue weighted by atomic mass is 35.5. The van der Waals surface area contributed by atoms with Gasteiger partial charge in [0.25, 0.3) is 0 Å². The lowest BCUT2D eigenvalue weighted by Gasteiger charge is -1.87. The number of nitrogens with zero attached hydrogens (tertiary/aromatic N) is 1. The van der Waals surface area contributed by atoms with Crippen LogP contribution in [0.5, 0.6) is 0 Å². The minimum Gasteiger partial charge on any atom is -0.478 e. The first-order valence-electron chi connectivity index (χ1n) is 3.14. The molecule has 62 valence electrons. The van der Waals surface area contributed by atoms with E-state index in [4.69, 9.17) is 16.7 Å². The molecule has 0 bridgehead atoms. The molecule has 0 aromatic carbocycles. The summed E-state index contributed by atoms with van der Waals surface area (Å²) in [5.74, 6) is -1.07. The monoisotopic (exact) mass is 185 g/mol. The van der Waals surface area contributed by atoms with E-state index in [-0.39, 0.29) is 10.7 Å². The topological polar surface area (TPSA) is 81.8 Å². The Balaban J connectivity index is 2.84. The van der Waals surface area contributed by atoms with E-state index in [2.05, 4.69) is 15.2 Å². The van der Waals surface area contributed by atoms with Gasteiger partial charge in [-0.1, -0.05) is 11.6 Å². The number of carbonyl (C=O) groups is 1. The van der Waals surface area contributed by atoms with Crippen LogP contribution in [0.2, 0.25) is 5.15 Å². The van der Waals surface area contributed by atoms with Crippen LogP contribution in [0.15, 0.2) is 6.20 Å². The van der Waals surface area contributed by atoms with Crippen molar-refractivity contribution in [1.82, 2.24) is 15.2 Å². The van der Waals surface area contributed by atoms with Crippen LogP contribution in [0.3, 0.4) is 0 Å². The van der Waals surface area contributed by atoms with Gasteiger partial charge in [-0.25, -0.2) is 4.79 Å². The molecule has 2 aromatic rings. The van der Waals surface area contributed by atoms with Crippen LogP contribution < -0.4 is 0 Å². The highest BCUT2D eigenvalue weighted by molar-refractivity contribution is 6.34. The van der Waals surface area contributed by atoms with Gasteiger partial charge in [-0.2, -0.15) is 5.10 Å². The van der Waals surface area contributed by atoms with E-state index in [0.717, 1.165) is 0 Å². The van der Waals surface area contributed by atoms with E-state index in [9.17, 15) is 4.79 Å². The van der Waals surface area contributed by atoms with Gasteiger partial charge in [-0.15, -0.1) is 0 Å². The molecule has 6 heteroatoms. The second kappa shape index (κ2) is 2.25. The van der Waals surface area contributed by atoms with Gasteiger partial charge in [0.2, 0.25) is 0 Å². The van der Waals surface area contributed by atoms with Gasteiger partial charge in [-0.05, 0) is 0 Å². The largest absolute Gasteiger partial charge is 0.478 e. The van der Waals surface area contributed by atoms with Crippen LogP contribution in [0.25, 0.3) is 11.0 Å². The first-order valence-corrected chi connectivity index (χ1v) is 3.52. The molecule has 0 atom stereocenters. The van der Waals surface area contributed by atoms with Gasteiger partial charge >= 0.3 is 5.97 Å². The lowest BCUT2D eigenvalue weighted by molar-refractivity contribution is 0.0699. The van der Waals surface area contributed by atoms with Gasteiger partial charge in [0.15, 0.2) is 0 Å². The van der Waals surface area contributed by atoms with Crippen molar-refractivity contribution in [3.05, 3.63) is 16.9 Å². The lowest BCUT2D eigenvalue weighted by atomic mass is 10.3. The summed E-state index contributed by atoms with van der Waals surface area (Å²) in [6.45, 7) is 0. The number of fused-ring (bicyclic) bond motifs is 1. The zero-order valence-corrected chi connectivity index (χ0v) is 6.51. The minimum atomic E-state index is -1.07. The summed E-state index contributed by atoms with van der Waals surface area (Å²) in [6, 6.07) is 0. The quantitative estimate of drug-likeness (QED) is 0.625. The number of aromatic nitrogens is 3. The molecule has 2 rings (SSSR count). The molecular weight excluding hydrogens is 182 g/mol. The molecule has 2 heterocycles. The number of H-pyrrole nitrogens is 2. The normalized spacial score (nSPS) is 10.8. The average Bonchev–Trinajstić information content (AvgIpc) is 2.44. The van der Waals surface area contributed by atoms with E-state index in [1.807, 2.05) is 0 Å². The molecule has 0 saturated carbocycles. The van der Waals surface area contributed by atoms with E-state index in [0.29, 0.717) is 11.0 Å². The molecule has 12 heavy (non-hydrogen) atoms. The number of hydrogen-bond acceptors (Lipinski definition) is 2. The fourth-order valence-electron chi connectivity index (χ4n) is 1.06. The van der Waals surface area contributed by atoms with Crippen molar-refractivity contribution < 1.29 is 9.90 Å². The molecule has 0 aliphatic heterocycles. The van der Waals surface area contributed by atoms with Crippen LogP contribution >= 0.6 is 11.6 Å². The Hall–Kier alpha value is -1.49. The van der Waals surface area contributed by atoms with Crippen molar-refractivity contribution >= 4 is 28.6 Å². The Morgan fingerprint density at radius 3 is 3.08 bits per heavy atom. The van der Waals surface area contributed by atoms with Crippen molar-refractivity contribution in [2.45, 2.75) is 0 Å². The van der Waals surface area contributed by atoms with E-state index in [1.165, 1.54) is 6.20 Å². The van der Waals surface area contributed by atoms with Crippen molar-refractivity contribution in [2.24, 2.45) is 0 Å². The van der Waals surface area contributed by atoms with Gasteiger partial charge in [0, 0.05) is 0 Å². The summed E-state index contributed by atoms with van der Waals surface area (Å²) in [5.41, 5.74) is 1.05. The smallest absolute Gasteiger partial charge is 0.341 e. The van der Waals surface area contributed by atoms with Crippen LogP contribution in [-0.2, 0) is 0 Å². The van der Waals surface area contributed by atoms with Gasteiger partial charge < -0.3 is 10.1 Å². The molecule has 2 aromatic heterocycles. The predicted octanol–water partition coefficient (Wildman–Crippen LogP) is 1.24. The third-order valence-corrected chi connectivity index (χ3v) is 1.85. The zero-order chi connectivity index (χ0) is 8.72. The second-order valence-corrected chi connectivity index (χ2v) is 2.66. The van der Waals surface area contributed by atoms with Crippen molar-refractivity contribution in [2.75, 3.05) is 0 Å². The lowest BCUT2D eigenvalue weighted by Crippen LogP contribution is -1.95. The molecular formula is C6H4ClN3O2. The third kappa shape index (κ3) is 0.799. The number of nitrogens with one attached hydrogen (secondary N) is 2. The number of aromatic amines is 2. The molecule has 0 fully saturated rings. The van der Waals surface area contributed by atoms with Crippen LogP contribution in [0.1, 0.15) is 10.4 Å². The number of rotatable bonds is 1. The van der Waals surface area contributed by atoms with Gasteiger partial charge in [0.05, 0.1) is 17.2 Å². The standard InChI is InChI=1S/C6H4ClN3O2/c7-5-3(6(11)12)4-2(9-5)1-8-10-4/h1,9H,(H,8,10)(H,11,12). The van der Waals surface area contributed by atoms with Gasteiger partial charge in [-0.3, -0.25) is 5.10 Å². The first-order chi connectivity index (χ1) is 5.70. The van der Waals surface area contributed by atoms with Crippen molar-refractivity contribution in [3.8, 4) is 0 Å². The van der Waals surface area contributed by atoms with Crippen molar-refractivity contribution in [1.29, 1.82) is 0 Å². The molecule has 0 unspecified atom stereocenters. The third-order valence-electron chi connectivity index (χ3n) is 1.57. The average molecular weight is 186 g/mol. The Morgan fingerprint density at radius 1 is 1.67 bits per heavy atom. The zero-order valence-electron chi connectivity index (χ0n) is 5.76. The summed E-state index contributed by atoms with van der Waals surface area (Å²) in [4.78, 5) is 13.3. The number of carboxylic acid groups (broad SMARTS) is 1. The molecule has 0 amide bonds. The summed E-state index contributed by atoms with van der Waals surface area (Å²) >= 11 is 5.62. The molecule has 0 saturated heterocycles. The van der Waals surface area contributed by atoms with Crippen molar-refractivity contribution in [3.63, 3.8) is 0 Å². The maximum absolute atomic E-state index is 10.6. The number of carboxylic acids is 1. The Morgan fingerprint density at radius 2 is 2.42 bits per heavy atom. The van der Waals surface area contributed by atoms with E-state index < -0.39 is 5.97 Å². The molecule has 0 aliphatic carbocycles. The number of halogens is 1. The molecule has 3 N–H and O–H groups in total. The fraction of sp³-hybridized carbons (Fsp3) is 0. The summed E-state index contributed by atoms with van der Waals surface area (Å²) in [6.07, 6.45) is 1.48. The number of hydrogen-bond donors (Lipinski definition) is 3. The van der Waals surface area contributed by atoms with Crippen LogP contribution in [0.4, 0.5) is 0 Å². The molecule has 0 spiro atoms. The second-order valence-electron chi connectivity index (χ2n) is 2.28. The summed E-state index contributed by atoms with van der Waals surface area (Å²) < 4.78 is 0. The highest BCUT2D eigenvalue weighted by Crippen LogP contribution is 2.23. The molecule has 0 radical (unpaired) electrons. The van der Waals surface area contributed by atoms with Crippen LogP contribution in [0, 0.1) is 0 Å².